The molecule has 0 amide bonds. The molecule has 0 atom stereocenters. The van der Waals surface area contributed by atoms with Crippen molar-refractivity contribution < 1.29 is 5.11 Å². The lowest BCUT2D eigenvalue weighted by atomic mass is 10.1. The van der Waals surface area contributed by atoms with Crippen LogP contribution in [-0.2, 0) is 0 Å². The van der Waals surface area contributed by atoms with Crippen molar-refractivity contribution in [2.45, 2.75) is 31.8 Å². The van der Waals surface area contributed by atoms with E-state index in [2.05, 4.69) is 0 Å². The van der Waals surface area contributed by atoms with Crippen LogP contribution in [0.4, 0.5) is 0 Å². The van der Waals surface area contributed by atoms with Gasteiger partial charge in [0.25, 0.3) is 0 Å². The van der Waals surface area contributed by atoms with Crippen molar-refractivity contribution in [2.24, 2.45) is 0 Å². The lowest BCUT2D eigenvalue weighted by molar-refractivity contribution is 0.286. The van der Waals surface area contributed by atoms with Crippen molar-refractivity contribution in [3.8, 4) is 0 Å². The third-order valence-corrected chi connectivity index (χ3v) is 2.13. The number of rotatable bonds is 0. The molecule has 2 aliphatic carbocycles. The minimum atomic E-state index is -0.0579. The van der Waals surface area contributed by atoms with Gasteiger partial charge in [-0.25, -0.2) is 0 Å². The third kappa shape index (κ3) is 0.451. The molecule has 0 fully saturated rings. The van der Waals surface area contributed by atoms with Crippen LogP contribution in [0, 0.1) is 0 Å². The molecule has 1 N–H and O–H groups in total. The van der Waals surface area contributed by atoms with Gasteiger partial charge in [-0.2, -0.15) is 0 Å². The summed E-state index contributed by atoms with van der Waals surface area (Å²) in [6.45, 7) is 0. The van der Waals surface area contributed by atoms with Gasteiger partial charge in [0.15, 0.2) is 0 Å². The molecule has 0 aromatic carbocycles. The lowest BCUT2D eigenvalue weighted by Gasteiger charge is -1.95. The molecule has 0 bridgehead atoms. The Morgan fingerprint density at radius 2 is 1.62 bits per heavy atom. The van der Waals surface area contributed by atoms with E-state index in [4.69, 9.17) is 5.11 Å². The largest absolute Gasteiger partial charge is 0.384 e. The summed E-state index contributed by atoms with van der Waals surface area (Å²) >= 11 is 0. The Labute approximate surface area is 49.0 Å². The van der Waals surface area contributed by atoms with Gasteiger partial charge in [0.05, 0.1) is 6.10 Å². The second kappa shape index (κ2) is 1.35. The Balaban J connectivity index is 2.12. The highest BCUT2D eigenvalue weighted by molar-refractivity contribution is 5.44. The molecule has 1 nitrogen and oxygen atoms in total. The first-order chi connectivity index (χ1) is 3.89. The van der Waals surface area contributed by atoms with Crippen LogP contribution in [0.15, 0.2) is 11.1 Å². The normalized spacial score (nSPS) is 28.1. The molecule has 0 radical (unpaired) electrons. The van der Waals surface area contributed by atoms with Crippen LogP contribution in [0.1, 0.15) is 25.7 Å². The molecule has 0 saturated heterocycles. The van der Waals surface area contributed by atoms with Crippen LogP contribution in [0.3, 0.4) is 0 Å². The molecule has 0 heterocycles. The molecular weight excluding hydrogens is 100 g/mol. The predicted molar refractivity (Wildman–Crippen MR) is 31.5 cm³/mol. The molecule has 0 unspecified atom stereocenters. The first-order valence-electron chi connectivity index (χ1n) is 3.29. The van der Waals surface area contributed by atoms with Gasteiger partial charge >= 0.3 is 0 Å². The Morgan fingerprint density at radius 3 is 2.00 bits per heavy atom. The monoisotopic (exact) mass is 110 g/mol. The summed E-state index contributed by atoms with van der Waals surface area (Å²) in [4.78, 5) is 0. The molecule has 44 valence electrons. The van der Waals surface area contributed by atoms with Crippen molar-refractivity contribution >= 4 is 0 Å². The summed E-state index contributed by atoms with van der Waals surface area (Å²) < 4.78 is 0. The van der Waals surface area contributed by atoms with E-state index >= 15 is 0 Å². The molecule has 2 rings (SSSR count). The fourth-order valence-electron chi connectivity index (χ4n) is 1.53. The van der Waals surface area contributed by atoms with E-state index in [0.29, 0.717) is 0 Å². The average Bonchev–Trinajstić information content (AvgIpc) is 2.46. The van der Waals surface area contributed by atoms with Crippen LogP contribution in [0.2, 0.25) is 0 Å². The average molecular weight is 110 g/mol. The molecule has 0 saturated carbocycles. The summed E-state index contributed by atoms with van der Waals surface area (Å²) in [6.07, 6.45) is 4.90. The smallest absolute Gasteiger partial charge is 0.0968 e. The van der Waals surface area contributed by atoms with E-state index in [0.717, 1.165) is 0 Å². The first-order valence-corrected chi connectivity index (χ1v) is 3.29. The number of aliphatic hydroxyl groups is 1. The van der Waals surface area contributed by atoms with Crippen molar-refractivity contribution in [1.29, 1.82) is 0 Å². The third-order valence-electron chi connectivity index (χ3n) is 2.13. The number of aliphatic hydroxyl groups excluding tert-OH is 1. The van der Waals surface area contributed by atoms with E-state index in [1.807, 2.05) is 0 Å². The predicted octanol–water partition coefficient (Wildman–Crippen LogP) is 1.23. The molecular formula is C7H10O. The van der Waals surface area contributed by atoms with E-state index in [9.17, 15) is 0 Å². The maximum absolute atomic E-state index is 9.05. The lowest BCUT2D eigenvalue weighted by Crippen LogP contribution is -1.82. The van der Waals surface area contributed by atoms with E-state index in [1.165, 1.54) is 36.8 Å². The Bertz CT molecular complexity index is 130. The first kappa shape index (κ1) is 4.57. The molecule has 0 aromatic heterocycles. The highest BCUT2D eigenvalue weighted by atomic mass is 16.3. The Kier molecular flexibility index (Phi) is 0.770. The standard InChI is InChI=1S/C7H10O/c8-7-5-3-1-2-4-6(5)7/h7-8H,1-4H2. The zero-order valence-electron chi connectivity index (χ0n) is 4.85. The van der Waals surface area contributed by atoms with E-state index in [1.54, 1.807) is 0 Å². The minimum Gasteiger partial charge on any atom is -0.384 e. The van der Waals surface area contributed by atoms with Gasteiger partial charge in [0, 0.05) is 0 Å². The fraction of sp³-hybridized carbons (Fsp3) is 0.714. The van der Waals surface area contributed by atoms with Gasteiger partial charge in [0.1, 0.15) is 0 Å². The number of hydrogen-bond donors (Lipinski definition) is 1. The topological polar surface area (TPSA) is 20.2 Å². The summed E-state index contributed by atoms with van der Waals surface area (Å²) in [5, 5.41) is 9.05. The van der Waals surface area contributed by atoms with Gasteiger partial charge in [-0.3, -0.25) is 0 Å². The van der Waals surface area contributed by atoms with Crippen molar-refractivity contribution in [1.82, 2.24) is 0 Å². The SMILES string of the molecule is OC1C2=C1CCCC2. The van der Waals surface area contributed by atoms with Crippen LogP contribution in [-0.4, -0.2) is 11.2 Å². The molecule has 0 aromatic rings. The zero-order valence-corrected chi connectivity index (χ0v) is 4.85. The van der Waals surface area contributed by atoms with Crippen molar-refractivity contribution in [2.75, 3.05) is 0 Å². The van der Waals surface area contributed by atoms with Crippen LogP contribution >= 0.6 is 0 Å². The quantitative estimate of drug-likeness (QED) is 0.465. The van der Waals surface area contributed by atoms with E-state index < -0.39 is 0 Å². The second-order valence-corrected chi connectivity index (χ2v) is 2.66. The molecule has 8 heavy (non-hydrogen) atoms. The number of hydrogen-bond acceptors (Lipinski definition) is 1. The molecule has 0 spiro atoms. The van der Waals surface area contributed by atoms with Crippen molar-refractivity contribution in [3.63, 3.8) is 0 Å². The Hall–Kier alpha value is -0.300. The zero-order chi connectivity index (χ0) is 5.56. The summed E-state index contributed by atoms with van der Waals surface area (Å²) in [7, 11) is 0. The maximum Gasteiger partial charge on any atom is 0.0968 e. The highest BCUT2D eigenvalue weighted by Gasteiger charge is 2.35. The van der Waals surface area contributed by atoms with Crippen molar-refractivity contribution in [3.05, 3.63) is 11.1 Å². The maximum atomic E-state index is 9.05. The summed E-state index contributed by atoms with van der Waals surface area (Å²) in [6, 6.07) is 0. The van der Waals surface area contributed by atoms with Gasteiger partial charge in [-0.1, -0.05) is 0 Å². The highest BCUT2D eigenvalue weighted by Crippen LogP contribution is 2.42. The minimum absolute atomic E-state index is 0.0579. The fourth-order valence-corrected chi connectivity index (χ4v) is 1.53. The molecule has 1 heteroatoms. The molecule has 2 aliphatic rings. The van der Waals surface area contributed by atoms with Crippen LogP contribution < -0.4 is 0 Å². The van der Waals surface area contributed by atoms with Gasteiger partial charge < -0.3 is 5.11 Å². The molecule has 0 aliphatic heterocycles. The van der Waals surface area contributed by atoms with Gasteiger partial charge in [-0.05, 0) is 36.8 Å². The van der Waals surface area contributed by atoms with Gasteiger partial charge in [0.2, 0.25) is 0 Å². The van der Waals surface area contributed by atoms with E-state index in [-0.39, 0.29) is 6.10 Å². The van der Waals surface area contributed by atoms with Crippen LogP contribution in [0.5, 0.6) is 0 Å². The van der Waals surface area contributed by atoms with Gasteiger partial charge in [-0.15, -0.1) is 0 Å². The summed E-state index contributed by atoms with van der Waals surface area (Å²) in [5.41, 5.74) is 2.72. The Morgan fingerprint density at radius 1 is 1.12 bits per heavy atom. The summed E-state index contributed by atoms with van der Waals surface area (Å²) in [5.74, 6) is 0. The van der Waals surface area contributed by atoms with Crippen LogP contribution in [0.25, 0.3) is 0 Å². The second-order valence-electron chi connectivity index (χ2n) is 2.66.